The van der Waals surface area contributed by atoms with E-state index in [1.54, 1.807) is 6.07 Å². The van der Waals surface area contributed by atoms with E-state index < -0.39 is 5.97 Å². The molecule has 27 heavy (non-hydrogen) atoms. The fourth-order valence-corrected chi connectivity index (χ4v) is 2.86. The molecule has 0 spiro atoms. The second-order valence-corrected chi connectivity index (χ2v) is 6.77. The van der Waals surface area contributed by atoms with Crippen molar-refractivity contribution < 1.29 is 19.4 Å². The quantitative estimate of drug-likeness (QED) is 0.710. The Balaban J connectivity index is 1.85. The number of carboxylic acid groups (broad SMARTS) is 1. The van der Waals surface area contributed by atoms with Gasteiger partial charge in [0.05, 0.1) is 16.6 Å². The normalized spacial score (nSPS) is 12.6. The van der Waals surface area contributed by atoms with E-state index in [9.17, 15) is 9.90 Å². The van der Waals surface area contributed by atoms with Crippen molar-refractivity contribution in [3.63, 3.8) is 0 Å². The van der Waals surface area contributed by atoms with E-state index in [0.717, 1.165) is 12.1 Å². The molecule has 7 heteroatoms. The van der Waals surface area contributed by atoms with Gasteiger partial charge >= 0.3 is 5.97 Å². The molecule has 0 saturated heterocycles. The first-order valence-electron chi connectivity index (χ1n) is 8.70. The molecule has 0 unspecified atom stereocenters. The molecule has 0 atom stereocenters. The van der Waals surface area contributed by atoms with Crippen molar-refractivity contribution in [3.05, 3.63) is 42.0 Å². The van der Waals surface area contributed by atoms with Gasteiger partial charge < -0.3 is 19.9 Å². The lowest BCUT2D eigenvalue weighted by molar-refractivity contribution is 0.0697. The molecule has 0 fully saturated rings. The summed E-state index contributed by atoms with van der Waals surface area (Å²) in [4.78, 5) is 20.6. The van der Waals surface area contributed by atoms with Crippen LogP contribution in [0.15, 0.2) is 36.4 Å². The number of hydrogen-bond donors (Lipinski definition) is 2. The highest BCUT2D eigenvalue weighted by atomic mass is 16.7. The third-order valence-corrected chi connectivity index (χ3v) is 4.23. The summed E-state index contributed by atoms with van der Waals surface area (Å²) in [7, 11) is 0. The van der Waals surface area contributed by atoms with Gasteiger partial charge in [0.15, 0.2) is 17.3 Å². The Morgan fingerprint density at radius 3 is 2.70 bits per heavy atom. The Bertz CT molecular complexity index is 1030. The van der Waals surface area contributed by atoms with Gasteiger partial charge in [-0.05, 0) is 42.3 Å². The lowest BCUT2D eigenvalue weighted by Gasteiger charge is -2.14. The number of fused-ring (bicyclic) bond motifs is 2. The summed E-state index contributed by atoms with van der Waals surface area (Å²) in [5, 5.41) is 12.5. The van der Waals surface area contributed by atoms with Gasteiger partial charge in [0.25, 0.3) is 0 Å². The van der Waals surface area contributed by atoms with E-state index >= 15 is 0 Å². The molecule has 2 heterocycles. The highest BCUT2D eigenvalue weighted by Crippen LogP contribution is 2.37. The van der Waals surface area contributed by atoms with Crippen LogP contribution in [0.5, 0.6) is 11.5 Å². The standard InChI is InChI=1S/C20H19N3O4/c1-11(2)9-21-19-18(12-4-6-16-17(8-12)27-10-26-16)22-14-5-3-13(20(24)25)7-15(14)23-19/h3-8,11H,9-10H2,1-2H3,(H,21,23)(H,24,25). The van der Waals surface area contributed by atoms with Crippen LogP contribution in [-0.2, 0) is 0 Å². The molecule has 2 aromatic carbocycles. The molecule has 2 N–H and O–H groups in total. The third kappa shape index (κ3) is 3.36. The van der Waals surface area contributed by atoms with Crippen LogP contribution in [0.4, 0.5) is 5.82 Å². The summed E-state index contributed by atoms with van der Waals surface area (Å²) in [6.45, 7) is 5.13. The Morgan fingerprint density at radius 2 is 1.93 bits per heavy atom. The molecular formula is C20H19N3O4. The van der Waals surface area contributed by atoms with Crippen LogP contribution in [0.2, 0.25) is 0 Å². The van der Waals surface area contributed by atoms with E-state index in [4.69, 9.17) is 14.5 Å². The molecule has 0 radical (unpaired) electrons. The number of carbonyl (C=O) groups is 1. The van der Waals surface area contributed by atoms with E-state index in [-0.39, 0.29) is 12.4 Å². The van der Waals surface area contributed by atoms with Gasteiger partial charge in [-0.1, -0.05) is 13.8 Å². The molecule has 1 aromatic heterocycles. The molecule has 3 aromatic rings. The Morgan fingerprint density at radius 1 is 1.11 bits per heavy atom. The van der Waals surface area contributed by atoms with Crippen LogP contribution < -0.4 is 14.8 Å². The van der Waals surface area contributed by atoms with Crippen LogP contribution in [0.1, 0.15) is 24.2 Å². The topological polar surface area (TPSA) is 93.6 Å². The number of benzene rings is 2. The summed E-state index contributed by atoms with van der Waals surface area (Å²) in [6.07, 6.45) is 0. The average molecular weight is 365 g/mol. The lowest BCUT2D eigenvalue weighted by Crippen LogP contribution is -2.11. The number of aromatic carboxylic acids is 1. The third-order valence-electron chi connectivity index (χ3n) is 4.23. The predicted octanol–water partition coefficient (Wildman–Crippen LogP) is 3.79. The van der Waals surface area contributed by atoms with Crippen molar-refractivity contribution in [1.29, 1.82) is 0 Å². The Labute approximate surface area is 156 Å². The molecule has 0 bridgehead atoms. The summed E-state index contributed by atoms with van der Waals surface area (Å²) >= 11 is 0. The van der Waals surface area contributed by atoms with Crippen LogP contribution in [-0.4, -0.2) is 34.4 Å². The fourth-order valence-electron chi connectivity index (χ4n) is 2.86. The monoisotopic (exact) mass is 365 g/mol. The minimum atomic E-state index is -0.991. The molecule has 4 rings (SSSR count). The number of carboxylic acids is 1. The summed E-state index contributed by atoms with van der Waals surface area (Å²) in [5.74, 6) is 1.41. The smallest absolute Gasteiger partial charge is 0.335 e. The maximum atomic E-state index is 11.3. The van der Waals surface area contributed by atoms with Crippen molar-refractivity contribution in [2.24, 2.45) is 5.92 Å². The number of hydrogen-bond acceptors (Lipinski definition) is 6. The Hall–Kier alpha value is -3.35. The van der Waals surface area contributed by atoms with Gasteiger partial charge in [-0.25, -0.2) is 14.8 Å². The number of ether oxygens (including phenoxy) is 2. The number of nitrogens with one attached hydrogen (secondary N) is 1. The second kappa shape index (κ2) is 6.75. The molecule has 138 valence electrons. The van der Waals surface area contributed by atoms with Crippen molar-refractivity contribution >= 4 is 22.8 Å². The largest absolute Gasteiger partial charge is 0.478 e. The van der Waals surface area contributed by atoms with Gasteiger partial charge in [0.1, 0.15) is 5.69 Å². The second-order valence-electron chi connectivity index (χ2n) is 6.77. The minimum Gasteiger partial charge on any atom is -0.478 e. The van der Waals surface area contributed by atoms with Gasteiger partial charge in [-0.15, -0.1) is 0 Å². The molecule has 1 aliphatic heterocycles. The molecule has 1 aliphatic rings. The molecule has 0 amide bonds. The zero-order valence-corrected chi connectivity index (χ0v) is 15.0. The minimum absolute atomic E-state index is 0.183. The highest BCUT2D eigenvalue weighted by Gasteiger charge is 2.18. The molecular weight excluding hydrogens is 346 g/mol. The van der Waals surface area contributed by atoms with Gasteiger partial charge in [0, 0.05) is 12.1 Å². The van der Waals surface area contributed by atoms with E-state index in [2.05, 4.69) is 24.1 Å². The average Bonchev–Trinajstić information content (AvgIpc) is 3.12. The van der Waals surface area contributed by atoms with E-state index in [0.29, 0.717) is 40.0 Å². The lowest BCUT2D eigenvalue weighted by atomic mass is 10.1. The first-order valence-corrected chi connectivity index (χ1v) is 8.70. The molecule has 0 aliphatic carbocycles. The van der Waals surface area contributed by atoms with Gasteiger partial charge in [0.2, 0.25) is 6.79 Å². The maximum absolute atomic E-state index is 11.3. The summed E-state index contributed by atoms with van der Waals surface area (Å²) in [6, 6.07) is 10.4. The zero-order chi connectivity index (χ0) is 19.0. The van der Waals surface area contributed by atoms with Crippen molar-refractivity contribution in [2.45, 2.75) is 13.8 Å². The van der Waals surface area contributed by atoms with Crippen LogP contribution in [0, 0.1) is 5.92 Å². The highest BCUT2D eigenvalue weighted by molar-refractivity contribution is 5.93. The number of anilines is 1. The first kappa shape index (κ1) is 17.1. The fraction of sp³-hybridized carbons (Fsp3) is 0.250. The number of aromatic nitrogens is 2. The zero-order valence-electron chi connectivity index (χ0n) is 15.0. The summed E-state index contributed by atoms with van der Waals surface area (Å²) < 4.78 is 10.8. The van der Waals surface area contributed by atoms with Gasteiger partial charge in [-0.2, -0.15) is 0 Å². The molecule has 7 nitrogen and oxygen atoms in total. The van der Waals surface area contributed by atoms with Crippen molar-refractivity contribution in [2.75, 3.05) is 18.7 Å². The number of rotatable bonds is 5. The number of nitrogens with zero attached hydrogens (tertiary/aromatic N) is 2. The molecule has 0 saturated carbocycles. The SMILES string of the molecule is CC(C)CNc1nc2cc(C(=O)O)ccc2nc1-c1ccc2c(c1)OCO2. The van der Waals surface area contributed by atoms with Crippen LogP contribution >= 0.6 is 0 Å². The van der Waals surface area contributed by atoms with Crippen molar-refractivity contribution in [3.8, 4) is 22.8 Å². The Kier molecular flexibility index (Phi) is 4.27. The maximum Gasteiger partial charge on any atom is 0.335 e. The van der Waals surface area contributed by atoms with Crippen LogP contribution in [0.25, 0.3) is 22.3 Å². The van der Waals surface area contributed by atoms with E-state index in [1.807, 2.05) is 18.2 Å². The predicted molar refractivity (Wildman–Crippen MR) is 101 cm³/mol. The van der Waals surface area contributed by atoms with Crippen LogP contribution in [0.3, 0.4) is 0 Å². The van der Waals surface area contributed by atoms with Crippen molar-refractivity contribution in [1.82, 2.24) is 9.97 Å². The summed E-state index contributed by atoms with van der Waals surface area (Å²) in [5.41, 5.74) is 2.88. The van der Waals surface area contributed by atoms with E-state index in [1.165, 1.54) is 12.1 Å². The first-order chi connectivity index (χ1) is 13.0. The van der Waals surface area contributed by atoms with Gasteiger partial charge in [-0.3, -0.25) is 0 Å².